The summed E-state index contributed by atoms with van der Waals surface area (Å²) in [7, 11) is -0.257. The number of amides is 1. The van der Waals surface area contributed by atoms with E-state index in [4.69, 9.17) is 0 Å². The first-order valence-electron chi connectivity index (χ1n) is 7.67. The highest BCUT2D eigenvalue weighted by Crippen LogP contribution is 2.28. The molecule has 2 rings (SSSR count). The molecule has 2 atom stereocenters. The second kappa shape index (κ2) is 6.79. The molecule has 1 aliphatic rings. The van der Waals surface area contributed by atoms with Gasteiger partial charge in [-0.2, -0.15) is 0 Å². The van der Waals surface area contributed by atoms with Gasteiger partial charge in [-0.05, 0) is 50.1 Å². The minimum Gasteiger partial charge on any atom is -0.338 e. The molecule has 0 bridgehead atoms. The molecule has 0 heterocycles. The van der Waals surface area contributed by atoms with Crippen LogP contribution in [0.25, 0.3) is 0 Å². The van der Waals surface area contributed by atoms with Gasteiger partial charge in [0, 0.05) is 18.7 Å². The Morgan fingerprint density at radius 2 is 1.77 bits per heavy atom. The van der Waals surface area contributed by atoms with Gasteiger partial charge < -0.3 is 4.90 Å². The summed E-state index contributed by atoms with van der Waals surface area (Å²) in [4.78, 5) is 14.6. The zero-order valence-electron chi connectivity index (χ0n) is 13.4. The van der Waals surface area contributed by atoms with E-state index in [1.807, 2.05) is 11.9 Å². The lowest BCUT2D eigenvalue weighted by atomic mass is 9.85. The molecular formula is C16H24N2O3S. The largest absolute Gasteiger partial charge is 0.338 e. The summed E-state index contributed by atoms with van der Waals surface area (Å²) in [6.07, 6.45) is 4.58. The fourth-order valence-corrected chi connectivity index (χ4v) is 3.85. The molecule has 1 aromatic carbocycles. The first-order valence-corrected chi connectivity index (χ1v) is 9.16. The quantitative estimate of drug-likeness (QED) is 0.924. The van der Waals surface area contributed by atoms with Crippen molar-refractivity contribution in [2.24, 2.45) is 5.92 Å². The van der Waals surface area contributed by atoms with Gasteiger partial charge in [0.1, 0.15) is 0 Å². The molecule has 0 aromatic heterocycles. The van der Waals surface area contributed by atoms with Crippen molar-refractivity contribution < 1.29 is 13.2 Å². The minimum absolute atomic E-state index is 0.0489. The van der Waals surface area contributed by atoms with Crippen molar-refractivity contribution in [3.63, 3.8) is 0 Å². The van der Waals surface area contributed by atoms with Crippen LogP contribution >= 0.6 is 0 Å². The molecule has 1 fully saturated rings. The maximum Gasteiger partial charge on any atom is 0.253 e. The van der Waals surface area contributed by atoms with E-state index in [-0.39, 0.29) is 16.8 Å². The van der Waals surface area contributed by atoms with Crippen LogP contribution in [0.5, 0.6) is 0 Å². The summed E-state index contributed by atoms with van der Waals surface area (Å²) in [6, 6.07) is 6.36. The van der Waals surface area contributed by atoms with Crippen LogP contribution < -0.4 is 4.72 Å². The predicted molar refractivity (Wildman–Crippen MR) is 86.2 cm³/mol. The molecule has 0 spiro atoms. The smallest absolute Gasteiger partial charge is 0.253 e. The molecule has 0 saturated heterocycles. The highest BCUT2D eigenvalue weighted by molar-refractivity contribution is 7.89. The minimum atomic E-state index is -3.47. The number of carbonyl (C=O) groups is 1. The topological polar surface area (TPSA) is 66.5 Å². The zero-order chi connectivity index (χ0) is 16.3. The van der Waals surface area contributed by atoms with E-state index in [0.29, 0.717) is 11.5 Å². The Balaban J connectivity index is 2.15. The summed E-state index contributed by atoms with van der Waals surface area (Å²) in [6.45, 7) is 2.19. The van der Waals surface area contributed by atoms with Crippen molar-refractivity contribution in [3.8, 4) is 0 Å². The summed E-state index contributed by atoms with van der Waals surface area (Å²) in [5.41, 5.74) is 0.523. The van der Waals surface area contributed by atoms with Crippen molar-refractivity contribution in [1.82, 2.24) is 9.62 Å². The fourth-order valence-electron chi connectivity index (χ4n) is 3.12. The summed E-state index contributed by atoms with van der Waals surface area (Å²) < 4.78 is 25.7. The number of rotatable bonds is 4. The number of nitrogens with zero attached hydrogens (tertiary/aromatic N) is 1. The molecule has 2 unspecified atom stereocenters. The van der Waals surface area contributed by atoms with Crippen molar-refractivity contribution in [1.29, 1.82) is 0 Å². The number of sulfonamides is 1. The Morgan fingerprint density at radius 1 is 1.18 bits per heavy atom. The van der Waals surface area contributed by atoms with Gasteiger partial charge in [-0.25, -0.2) is 13.1 Å². The standard InChI is InChI=1S/C16H24N2O3S/c1-12-6-4-5-7-15(12)18(3)16(19)13-8-10-14(11-9-13)22(20,21)17-2/h8-12,15,17H,4-7H2,1-3H3. The monoisotopic (exact) mass is 324 g/mol. The number of benzene rings is 1. The third kappa shape index (κ3) is 3.50. The first kappa shape index (κ1) is 17.0. The summed E-state index contributed by atoms with van der Waals surface area (Å²) >= 11 is 0. The van der Waals surface area contributed by atoms with Crippen molar-refractivity contribution >= 4 is 15.9 Å². The average molecular weight is 324 g/mol. The molecule has 22 heavy (non-hydrogen) atoms. The maximum atomic E-state index is 12.6. The lowest BCUT2D eigenvalue weighted by Gasteiger charge is -2.36. The molecular weight excluding hydrogens is 300 g/mol. The van der Waals surface area contributed by atoms with Crippen LogP contribution in [0, 0.1) is 5.92 Å². The molecule has 1 N–H and O–H groups in total. The maximum absolute atomic E-state index is 12.6. The molecule has 122 valence electrons. The van der Waals surface area contributed by atoms with Gasteiger partial charge >= 0.3 is 0 Å². The second-order valence-corrected chi connectivity index (χ2v) is 7.86. The molecule has 6 heteroatoms. The molecule has 0 radical (unpaired) electrons. The van der Waals surface area contributed by atoms with Crippen LogP contribution in [0.2, 0.25) is 0 Å². The van der Waals surface area contributed by atoms with Gasteiger partial charge in [0.2, 0.25) is 10.0 Å². The second-order valence-electron chi connectivity index (χ2n) is 5.98. The first-order chi connectivity index (χ1) is 10.4. The van der Waals surface area contributed by atoms with Gasteiger partial charge in [0.05, 0.1) is 4.90 Å². The van der Waals surface area contributed by atoms with E-state index in [0.717, 1.165) is 19.3 Å². The van der Waals surface area contributed by atoms with Crippen LogP contribution in [-0.4, -0.2) is 39.4 Å². The van der Waals surface area contributed by atoms with E-state index in [1.165, 1.54) is 25.6 Å². The molecule has 1 saturated carbocycles. The third-order valence-electron chi connectivity index (χ3n) is 4.56. The molecule has 1 aromatic rings. The Morgan fingerprint density at radius 3 is 2.32 bits per heavy atom. The average Bonchev–Trinajstić information content (AvgIpc) is 2.54. The van der Waals surface area contributed by atoms with Crippen LogP contribution in [0.1, 0.15) is 43.0 Å². The number of hydrogen-bond donors (Lipinski definition) is 1. The van der Waals surface area contributed by atoms with Gasteiger partial charge in [-0.1, -0.05) is 19.8 Å². The number of hydrogen-bond acceptors (Lipinski definition) is 3. The Hall–Kier alpha value is -1.40. The van der Waals surface area contributed by atoms with Crippen LogP contribution in [0.3, 0.4) is 0 Å². The fraction of sp³-hybridized carbons (Fsp3) is 0.562. The van der Waals surface area contributed by atoms with Crippen molar-refractivity contribution in [2.75, 3.05) is 14.1 Å². The van der Waals surface area contributed by atoms with E-state index in [9.17, 15) is 13.2 Å². The van der Waals surface area contributed by atoms with Crippen molar-refractivity contribution in [3.05, 3.63) is 29.8 Å². The van der Waals surface area contributed by atoms with Gasteiger partial charge in [-0.15, -0.1) is 0 Å². The van der Waals surface area contributed by atoms with E-state index in [1.54, 1.807) is 12.1 Å². The van der Waals surface area contributed by atoms with Crippen LogP contribution in [-0.2, 0) is 10.0 Å². The number of carbonyl (C=O) groups excluding carboxylic acids is 1. The number of nitrogens with one attached hydrogen (secondary N) is 1. The van der Waals surface area contributed by atoms with Gasteiger partial charge in [0.15, 0.2) is 0 Å². The zero-order valence-corrected chi connectivity index (χ0v) is 14.2. The van der Waals surface area contributed by atoms with Gasteiger partial charge in [0.25, 0.3) is 5.91 Å². The SMILES string of the molecule is CNS(=O)(=O)c1ccc(C(=O)N(C)C2CCCCC2C)cc1. The van der Waals surface area contributed by atoms with E-state index in [2.05, 4.69) is 11.6 Å². The normalized spacial score (nSPS) is 22.3. The van der Waals surface area contributed by atoms with E-state index >= 15 is 0 Å². The summed E-state index contributed by atoms with van der Waals surface area (Å²) in [5.74, 6) is 0.457. The van der Waals surface area contributed by atoms with Crippen LogP contribution in [0.4, 0.5) is 0 Å². The molecule has 0 aliphatic heterocycles. The molecule has 5 nitrogen and oxygen atoms in total. The highest BCUT2D eigenvalue weighted by atomic mass is 32.2. The Labute approximate surface area is 132 Å². The molecule has 1 amide bonds. The lowest BCUT2D eigenvalue weighted by molar-refractivity contribution is 0.0629. The molecule has 1 aliphatic carbocycles. The van der Waals surface area contributed by atoms with E-state index < -0.39 is 10.0 Å². The van der Waals surface area contributed by atoms with Gasteiger partial charge in [-0.3, -0.25) is 4.79 Å². The Bertz CT molecular complexity index is 625. The predicted octanol–water partition coefficient (Wildman–Crippen LogP) is 2.25. The van der Waals surface area contributed by atoms with Crippen molar-refractivity contribution in [2.45, 2.75) is 43.5 Å². The highest BCUT2D eigenvalue weighted by Gasteiger charge is 2.28. The Kier molecular flexibility index (Phi) is 5.24. The van der Waals surface area contributed by atoms with Crippen LogP contribution in [0.15, 0.2) is 29.2 Å². The lowest BCUT2D eigenvalue weighted by Crippen LogP contribution is -2.42. The summed E-state index contributed by atoms with van der Waals surface area (Å²) in [5, 5.41) is 0. The third-order valence-corrected chi connectivity index (χ3v) is 5.99.